The van der Waals surface area contributed by atoms with Crippen LogP contribution in [0.2, 0.25) is 0 Å². The van der Waals surface area contributed by atoms with Crippen LogP contribution in [0.15, 0.2) is 22.7 Å². The standard InChI is InChI=1S/C14H22BrN/c1-5-8-16-14(10(2)3)13-7-6-12(15)9-11(13)4/h6-7,9-10,14,16H,5,8H2,1-4H3. The van der Waals surface area contributed by atoms with Crippen molar-refractivity contribution in [3.8, 4) is 0 Å². The first-order valence-electron chi connectivity index (χ1n) is 6.05. The third-order valence-corrected chi connectivity index (χ3v) is 3.34. The number of nitrogens with one attached hydrogen (secondary N) is 1. The van der Waals surface area contributed by atoms with Crippen LogP contribution in [-0.4, -0.2) is 6.54 Å². The molecule has 1 N–H and O–H groups in total. The third-order valence-electron chi connectivity index (χ3n) is 2.85. The molecule has 0 aliphatic carbocycles. The molecule has 1 aromatic carbocycles. The van der Waals surface area contributed by atoms with E-state index >= 15 is 0 Å². The molecule has 1 unspecified atom stereocenters. The van der Waals surface area contributed by atoms with E-state index in [-0.39, 0.29) is 0 Å². The molecule has 0 amide bonds. The summed E-state index contributed by atoms with van der Waals surface area (Å²) in [5.74, 6) is 0.617. The van der Waals surface area contributed by atoms with E-state index in [9.17, 15) is 0 Å². The first-order valence-corrected chi connectivity index (χ1v) is 6.85. The molecule has 0 aromatic heterocycles. The molecule has 1 atom stereocenters. The lowest BCUT2D eigenvalue weighted by molar-refractivity contribution is 0.411. The minimum Gasteiger partial charge on any atom is -0.310 e. The summed E-state index contributed by atoms with van der Waals surface area (Å²) in [6.07, 6.45) is 1.18. The van der Waals surface area contributed by atoms with Crippen molar-refractivity contribution in [2.75, 3.05) is 6.54 Å². The number of hydrogen-bond acceptors (Lipinski definition) is 1. The zero-order chi connectivity index (χ0) is 12.1. The predicted octanol–water partition coefficient (Wildman–Crippen LogP) is 4.45. The van der Waals surface area contributed by atoms with Gasteiger partial charge in [0, 0.05) is 10.5 Å². The van der Waals surface area contributed by atoms with Crippen LogP contribution in [0.1, 0.15) is 44.4 Å². The topological polar surface area (TPSA) is 12.0 Å². The fourth-order valence-electron chi connectivity index (χ4n) is 1.99. The monoisotopic (exact) mass is 283 g/mol. The van der Waals surface area contributed by atoms with Gasteiger partial charge in [0.1, 0.15) is 0 Å². The summed E-state index contributed by atoms with van der Waals surface area (Å²) >= 11 is 3.51. The fourth-order valence-corrected chi connectivity index (χ4v) is 2.47. The molecule has 0 saturated heterocycles. The van der Waals surface area contributed by atoms with Crippen molar-refractivity contribution < 1.29 is 0 Å². The molecule has 16 heavy (non-hydrogen) atoms. The Balaban J connectivity index is 2.92. The van der Waals surface area contributed by atoms with Gasteiger partial charge in [-0.25, -0.2) is 0 Å². The molecular weight excluding hydrogens is 262 g/mol. The van der Waals surface area contributed by atoms with Crippen molar-refractivity contribution in [3.05, 3.63) is 33.8 Å². The second-order valence-electron chi connectivity index (χ2n) is 4.68. The molecule has 0 aliphatic heterocycles. The van der Waals surface area contributed by atoms with Gasteiger partial charge in [-0.2, -0.15) is 0 Å². The molecule has 0 spiro atoms. The second kappa shape index (κ2) is 6.41. The molecule has 2 heteroatoms. The fraction of sp³-hybridized carbons (Fsp3) is 0.571. The zero-order valence-electron chi connectivity index (χ0n) is 10.7. The maximum atomic E-state index is 3.63. The molecule has 0 heterocycles. The van der Waals surface area contributed by atoms with Crippen molar-refractivity contribution in [2.45, 2.75) is 40.2 Å². The summed E-state index contributed by atoms with van der Waals surface area (Å²) in [5, 5.41) is 3.63. The molecular formula is C14H22BrN. The minimum atomic E-state index is 0.466. The predicted molar refractivity (Wildman–Crippen MR) is 74.8 cm³/mol. The van der Waals surface area contributed by atoms with Crippen molar-refractivity contribution in [2.24, 2.45) is 5.92 Å². The van der Waals surface area contributed by atoms with E-state index in [0.717, 1.165) is 11.0 Å². The molecule has 1 rings (SSSR count). The first kappa shape index (κ1) is 13.7. The summed E-state index contributed by atoms with van der Waals surface area (Å²) in [5.41, 5.74) is 2.78. The van der Waals surface area contributed by atoms with Crippen LogP contribution in [-0.2, 0) is 0 Å². The van der Waals surface area contributed by atoms with Crippen LogP contribution >= 0.6 is 15.9 Å². The highest BCUT2D eigenvalue weighted by atomic mass is 79.9. The lowest BCUT2D eigenvalue weighted by Gasteiger charge is -2.24. The normalized spacial score (nSPS) is 13.1. The third kappa shape index (κ3) is 3.60. The maximum absolute atomic E-state index is 3.63. The van der Waals surface area contributed by atoms with Gasteiger partial charge < -0.3 is 5.32 Å². The van der Waals surface area contributed by atoms with Crippen LogP contribution in [0.25, 0.3) is 0 Å². The van der Waals surface area contributed by atoms with Gasteiger partial charge in [-0.3, -0.25) is 0 Å². The van der Waals surface area contributed by atoms with E-state index in [0.29, 0.717) is 12.0 Å². The molecule has 0 saturated carbocycles. The molecule has 0 radical (unpaired) electrons. The van der Waals surface area contributed by atoms with Gasteiger partial charge in [-0.1, -0.05) is 42.8 Å². The van der Waals surface area contributed by atoms with Crippen LogP contribution in [0.4, 0.5) is 0 Å². The number of halogens is 1. The Morgan fingerprint density at radius 2 is 2.00 bits per heavy atom. The highest BCUT2D eigenvalue weighted by Crippen LogP contribution is 2.26. The summed E-state index contributed by atoms with van der Waals surface area (Å²) < 4.78 is 1.16. The Morgan fingerprint density at radius 1 is 1.31 bits per heavy atom. The zero-order valence-corrected chi connectivity index (χ0v) is 12.3. The molecule has 0 fully saturated rings. The van der Waals surface area contributed by atoms with E-state index in [1.807, 2.05) is 0 Å². The first-order chi connectivity index (χ1) is 7.56. The van der Waals surface area contributed by atoms with Crippen LogP contribution in [0.5, 0.6) is 0 Å². The summed E-state index contributed by atoms with van der Waals surface area (Å²) in [4.78, 5) is 0. The number of hydrogen-bond donors (Lipinski definition) is 1. The van der Waals surface area contributed by atoms with Gasteiger partial charge in [-0.15, -0.1) is 0 Å². The van der Waals surface area contributed by atoms with Gasteiger partial charge in [0.2, 0.25) is 0 Å². The minimum absolute atomic E-state index is 0.466. The maximum Gasteiger partial charge on any atom is 0.0346 e. The van der Waals surface area contributed by atoms with Gasteiger partial charge in [0.15, 0.2) is 0 Å². The summed E-state index contributed by atoms with van der Waals surface area (Å²) in [6.45, 7) is 10.0. The highest BCUT2D eigenvalue weighted by molar-refractivity contribution is 9.10. The quantitative estimate of drug-likeness (QED) is 0.842. The number of benzene rings is 1. The average molecular weight is 284 g/mol. The van der Waals surface area contributed by atoms with E-state index < -0.39 is 0 Å². The van der Waals surface area contributed by atoms with Crippen LogP contribution < -0.4 is 5.32 Å². The Kier molecular flexibility index (Phi) is 5.50. The van der Waals surface area contributed by atoms with E-state index in [1.165, 1.54) is 17.5 Å². The van der Waals surface area contributed by atoms with Crippen molar-refractivity contribution in [1.29, 1.82) is 0 Å². The SMILES string of the molecule is CCCNC(c1ccc(Br)cc1C)C(C)C. The van der Waals surface area contributed by atoms with Gasteiger partial charge in [0.25, 0.3) is 0 Å². The second-order valence-corrected chi connectivity index (χ2v) is 5.59. The van der Waals surface area contributed by atoms with Gasteiger partial charge in [0.05, 0.1) is 0 Å². The smallest absolute Gasteiger partial charge is 0.0346 e. The van der Waals surface area contributed by atoms with Crippen molar-refractivity contribution in [1.82, 2.24) is 5.32 Å². The van der Waals surface area contributed by atoms with Crippen molar-refractivity contribution in [3.63, 3.8) is 0 Å². The van der Waals surface area contributed by atoms with E-state index in [4.69, 9.17) is 0 Å². The summed E-state index contributed by atoms with van der Waals surface area (Å²) in [6, 6.07) is 7.02. The number of aryl methyl sites for hydroxylation is 1. The van der Waals surface area contributed by atoms with Gasteiger partial charge in [-0.05, 0) is 49.1 Å². The molecule has 1 nitrogen and oxygen atoms in total. The molecule has 0 aliphatic rings. The van der Waals surface area contributed by atoms with E-state index in [2.05, 4.69) is 67.1 Å². The lowest BCUT2D eigenvalue weighted by atomic mass is 9.92. The Bertz CT molecular complexity index is 334. The van der Waals surface area contributed by atoms with Crippen LogP contribution in [0, 0.1) is 12.8 Å². The largest absolute Gasteiger partial charge is 0.310 e. The van der Waals surface area contributed by atoms with Crippen molar-refractivity contribution >= 4 is 15.9 Å². The molecule has 90 valence electrons. The molecule has 1 aromatic rings. The summed E-state index contributed by atoms with van der Waals surface area (Å²) in [7, 11) is 0. The number of rotatable bonds is 5. The molecule has 0 bridgehead atoms. The van der Waals surface area contributed by atoms with Gasteiger partial charge >= 0.3 is 0 Å². The van der Waals surface area contributed by atoms with E-state index in [1.54, 1.807) is 0 Å². The Morgan fingerprint density at radius 3 is 2.50 bits per heavy atom. The lowest BCUT2D eigenvalue weighted by Crippen LogP contribution is -2.27. The van der Waals surface area contributed by atoms with Crippen LogP contribution in [0.3, 0.4) is 0 Å². The average Bonchev–Trinajstić information content (AvgIpc) is 2.20. The Hall–Kier alpha value is -0.340. The Labute approximate surface area is 108 Å². The highest BCUT2D eigenvalue weighted by Gasteiger charge is 2.16.